The van der Waals surface area contributed by atoms with Crippen molar-refractivity contribution in [2.24, 2.45) is 17.8 Å². The first kappa shape index (κ1) is 12.2. The highest BCUT2D eigenvalue weighted by Gasteiger charge is 2.35. The molecule has 3 saturated carbocycles. The zero-order chi connectivity index (χ0) is 13.7. The lowest BCUT2D eigenvalue weighted by Crippen LogP contribution is -2.36. The summed E-state index contributed by atoms with van der Waals surface area (Å²) >= 11 is 0. The van der Waals surface area contributed by atoms with Gasteiger partial charge in [0, 0.05) is 18.9 Å². The predicted octanol–water partition coefficient (Wildman–Crippen LogP) is 2.63. The van der Waals surface area contributed by atoms with Gasteiger partial charge in [0.05, 0.1) is 5.69 Å². The SMILES string of the molecule is Cc1cc2c(=O)n(CC3CC4CCC3CC4)ccn2n1. The average molecular weight is 271 g/mol. The summed E-state index contributed by atoms with van der Waals surface area (Å²) in [6, 6.07) is 1.88. The Morgan fingerprint density at radius 3 is 2.75 bits per heavy atom. The van der Waals surface area contributed by atoms with Gasteiger partial charge in [-0.15, -0.1) is 0 Å². The molecule has 0 aromatic carbocycles. The van der Waals surface area contributed by atoms with E-state index < -0.39 is 0 Å². The molecule has 1 atom stereocenters. The van der Waals surface area contributed by atoms with Gasteiger partial charge in [-0.2, -0.15) is 5.10 Å². The van der Waals surface area contributed by atoms with Crippen LogP contribution < -0.4 is 5.56 Å². The zero-order valence-corrected chi connectivity index (χ0v) is 12.0. The monoisotopic (exact) mass is 271 g/mol. The summed E-state index contributed by atoms with van der Waals surface area (Å²) < 4.78 is 3.60. The second-order valence-corrected chi connectivity index (χ2v) is 6.65. The van der Waals surface area contributed by atoms with Crippen molar-refractivity contribution < 1.29 is 0 Å². The van der Waals surface area contributed by atoms with Crippen molar-refractivity contribution in [1.82, 2.24) is 14.2 Å². The van der Waals surface area contributed by atoms with Crippen LogP contribution in [-0.4, -0.2) is 14.2 Å². The summed E-state index contributed by atoms with van der Waals surface area (Å²) in [5, 5.41) is 4.30. The van der Waals surface area contributed by atoms with Crippen LogP contribution in [0.1, 0.15) is 37.8 Å². The Kier molecular flexibility index (Phi) is 2.72. The Labute approximate surface area is 118 Å². The highest BCUT2D eigenvalue weighted by atomic mass is 16.1. The Bertz CT molecular complexity index is 691. The molecule has 0 aliphatic heterocycles. The molecule has 0 saturated heterocycles. The molecule has 4 heteroatoms. The molecule has 2 aromatic heterocycles. The van der Waals surface area contributed by atoms with Crippen molar-refractivity contribution in [3.63, 3.8) is 0 Å². The van der Waals surface area contributed by atoms with E-state index in [0.717, 1.165) is 24.1 Å². The number of nitrogens with zero attached hydrogens (tertiary/aromatic N) is 3. The van der Waals surface area contributed by atoms with Crippen molar-refractivity contribution in [2.45, 2.75) is 45.6 Å². The van der Waals surface area contributed by atoms with E-state index in [4.69, 9.17) is 0 Å². The van der Waals surface area contributed by atoms with Gasteiger partial charge in [-0.05, 0) is 50.0 Å². The lowest BCUT2D eigenvalue weighted by molar-refractivity contribution is 0.0862. The Morgan fingerprint density at radius 1 is 1.25 bits per heavy atom. The molecular weight excluding hydrogens is 250 g/mol. The molecule has 3 fully saturated rings. The Morgan fingerprint density at radius 2 is 2.05 bits per heavy atom. The van der Waals surface area contributed by atoms with Gasteiger partial charge >= 0.3 is 0 Å². The van der Waals surface area contributed by atoms with Crippen LogP contribution in [0.2, 0.25) is 0 Å². The third-order valence-corrected chi connectivity index (χ3v) is 5.35. The van der Waals surface area contributed by atoms with Crippen LogP contribution >= 0.6 is 0 Å². The van der Waals surface area contributed by atoms with Crippen LogP contribution in [0.15, 0.2) is 23.3 Å². The highest BCUT2D eigenvalue weighted by molar-refractivity contribution is 5.44. The normalized spacial score (nSPS) is 29.1. The third-order valence-electron chi connectivity index (χ3n) is 5.35. The van der Waals surface area contributed by atoms with Gasteiger partial charge < -0.3 is 4.57 Å². The molecule has 4 nitrogen and oxygen atoms in total. The van der Waals surface area contributed by atoms with Crippen LogP contribution in [0.5, 0.6) is 0 Å². The van der Waals surface area contributed by atoms with Crippen LogP contribution in [0, 0.1) is 24.7 Å². The summed E-state index contributed by atoms with van der Waals surface area (Å²) in [6.45, 7) is 2.82. The zero-order valence-electron chi connectivity index (χ0n) is 12.0. The van der Waals surface area contributed by atoms with Crippen molar-refractivity contribution in [1.29, 1.82) is 0 Å². The van der Waals surface area contributed by atoms with Gasteiger partial charge in [0.25, 0.3) is 5.56 Å². The van der Waals surface area contributed by atoms with E-state index in [1.165, 1.54) is 32.1 Å². The molecule has 20 heavy (non-hydrogen) atoms. The average Bonchev–Trinajstić information content (AvgIpc) is 2.85. The van der Waals surface area contributed by atoms with E-state index in [2.05, 4.69) is 5.10 Å². The molecule has 106 valence electrons. The number of aryl methyl sites for hydroxylation is 1. The van der Waals surface area contributed by atoms with Crippen molar-refractivity contribution in [2.75, 3.05) is 0 Å². The maximum atomic E-state index is 12.5. The Balaban J connectivity index is 1.65. The van der Waals surface area contributed by atoms with Crippen LogP contribution in [0.3, 0.4) is 0 Å². The fraction of sp³-hybridized carbons (Fsp3) is 0.625. The maximum Gasteiger partial charge on any atom is 0.276 e. The number of rotatable bonds is 2. The first-order valence-electron chi connectivity index (χ1n) is 7.76. The topological polar surface area (TPSA) is 39.3 Å². The quantitative estimate of drug-likeness (QED) is 0.842. The minimum atomic E-state index is 0.106. The summed E-state index contributed by atoms with van der Waals surface area (Å²) in [4.78, 5) is 12.5. The van der Waals surface area contributed by atoms with E-state index in [9.17, 15) is 4.79 Å². The van der Waals surface area contributed by atoms with E-state index in [-0.39, 0.29) is 5.56 Å². The van der Waals surface area contributed by atoms with Gasteiger partial charge in [0.2, 0.25) is 0 Å². The lowest BCUT2D eigenvalue weighted by Gasteiger charge is -2.42. The van der Waals surface area contributed by atoms with E-state index >= 15 is 0 Å². The van der Waals surface area contributed by atoms with Crippen molar-refractivity contribution in [3.8, 4) is 0 Å². The fourth-order valence-corrected chi connectivity index (χ4v) is 4.28. The first-order valence-corrected chi connectivity index (χ1v) is 7.76. The lowest BCUT2D eigenvalue weighted by atomic mass is 9.65. The largest absolute Gasteiger partial charge is 0.312 e. The highest BCUT2D eigenvalue weighted by Crippen LogP contribution is 2.45. The molecule has 2 heterocycles. The molecule has 0 spiro atoms. The molecule has 0 radical (unpaired) electrons. The van der Waals surface area contributed by atoms with Crippen LogP contribution in [-0.2, 0) is 6.54 Å². The van der Waals surface area contributed by atoms with Gasteiger partial charge in [-0.25, -0.2) is 4.52 Å². The molecule has 0 N–H and O–H groups in total. The second kappa shape index (κ2) is 4.47. The van der Waals surface area contributed by atoms with Crippen molar-refractivity contribution in [3.05, 3.63) is 34.5 Å². The third kappa shape index (κ3) is 1.89. The summed E-state index contributed by atoms with van der Waals surface area (Å²) in [5.74, 6) is 2.46. The van der Waals surface area contributed by atoms with Gasteiger partial charge in [0.1, 0.15) is 5.52 Å². The van der Waals surface area contributed by atoms with Crippen LogP contribution in [0.25, 0.3) is 5.52 Å². The Hall–Kier alpha value is -1.58. The molecule has 2 aromatic rings. The smallest absolute Gasteiger partial charge is 0.276 e. The van der Waals surface area contributed by atoms with Crippen LogP contribution in [0.4, 0.5) is 0 Å². The fourth-order valence-electron chi connectivity index (χ4n) is 4.28. The number of fused-ring (bicyclic) bond motifs is 4. The van der Waals surface area contributed by atoms with Gasteiger partial charge in [-0.3, -0.25) is 4.79 Å². The standard InChI is InChI=1S/C16H21N3O/c1-11-8-15-16(20)18(6-7-19(15)17-11)10-14-9-12-2-4-13(14)5-3-12/h6-8,12-14H,2-5,9-10H2,1H3. The molecule has 3 aliphatic rings. The molecule has 3 aliphatic carbocycles. The summed E-state index contributed by atoms with van der Waals surface area (Å²) in [7, 11) is 0. The maximum absolute atomic E-state index is 12.5. The molecule has 5 rings (SSSR count). The molecular formula is C16H21N3O. The molecule has 0 amide bonds. The van der Waals surface area contributed by atoms with Gasteiger partial charge in [-0.1, -0.05) is 12.8 Å². The molecule has 1 unspecified atom stereocenters. The number of hydrogen-bond acceptors (Lipinski definition) is 2. The van der Waals surface area contributed by atoms with E-state index in [0.29, 0.717) is 11.4 Å². The summed E-state index contributed by atoms with van der Waals surface area (Å²) in [6.07, 6.45) is 10.7. The number of hydrogen-bond donors (Lipinski definition) is 0. The summed E-state index contributed by atoms with van der Waals surface area (Å²) in [5.41, 5.74) is 1.71. The minimum Gasteiger partial charge on any atom is -0.312 e. The van der Waals surface area contributed by atoms with E-state index in [1.54, 1.807) is 4.52 Å². The second-order valence-electron chi connectivity index (χ2n) is 6.65. The molecule has 2 bridgehead atoms. The predicted molar refractivity (Wildman–Crippen MR) is 77.7 cm³/mol. The van der Waals surface area contributed by atoms with Gasteiger partial charge in [0.15, 0.2) is 0 Å². The first-order chi connectivity index (χ1) is 9.70. The van der Waals surface area contributed by atoms with Crippen molar-refractivity contribution >= 4 is 5.52 Å². The number of aromatic nitrogens is 3. The minimum absolute atomic E-state index is 0.106. The van der Waals surface area contributed by atoms with E-state index in [1.807, 2.05) is 30.0 Å².